The fourth-order valence-electron chi connectivity index (χ4n) is 2.60. The first-order valence-corrected chi connectivity index (χ1v) is 6.93. The summed E-state index contributed by atoms with van der Waals surface area (Å²) < 4.78 is 5.32. The van der Waals surface area contributed by atoms with Gasteiger partial charge in [0.15, 0.2) is 6.61 Å². The number of nitriles is 1. The average Bonchev–Trinajstić information content (AvgIpc) is 2.53. The van der Waals surface area contributed by atoms with Crippen molar-refractivity contribution in [1.29, 1.82) is 5.26 Å². The quantitative estimate of drug-likeness (QED) is 0.845. The summed E-state index contributed by atoms with van der Waals surface area (Å²) in [5.41, 5.74) is 1.13. The Hall–Kier alpha value is -2.55. The number of amides is 2. The van der Waals surface area contributed by atoms with E-state index in [0.717, 1.165) is 12.8 Å². The lowest BCUT2D eigenvalue weighted by molar-refractivity contribution is -0.118. The number of benzene rings is 1. The van der Waals surface area contributed by atoms with Crippen LogP contribution in [-0.4, -0.2) is 36.4 Å². The van der Waals surface area contributed by atoms with Crippen LogP contribution in [0.2, 0.25) is 0 Å². The van der Waals surface area contributed by atoms with Crippen LogP contribution >= 0.6 is 0 Å². The van der Waals surface area contributed by atoms with Crippen LogP contribution in [0.4, 0.5) is 5.69 Å². The van der Waals surface area contributed by atoms with Crippen LogP contribution in [0.25, 0.3) is 0 Å². The van der Waals surface area contributed by atoms with Gasteiger partial charge in [0, 0.05) is 24.6 Å². The summed E-state index contributed by atoms with van der Waals surface area (Å²) in [6, 6.07) is 7.28. The van der Waals surface area contributed by atoms with Crippen LogP contribution in [-0.2, 0) is 4.79 Å². The molecule has 0 atom stereocenters. The molecule has 1 saturated heterocycles. The molecule has 6 nitrogen and oxygen atoms in total. The highest BCUT2D eigenvalue weighted by molar-refractivity contribution is 5.99. The van der Waals surface area contributed by atoms with Crippen molar-refractivity contribution in [3.8, 4) is 11.8 Å². The predicted molar refractivity (Wildman–Crippen MR) is 74.8 cm³/mol. The zero-order valence-corrected chi connectivity index (χ0v) is 11.5. The Morgan fingerprint density at radius 1 is 1.38 bits per heavy atom. The molecule has 1 aromatic rings. The van der Waals surface area contributed by atoms with Crippen LogP contribution in [0.1, 0.15) is 23.2 Å². The monoisotopic (exact) mass is 285 g/mol. The molecule has 2 aliphatic heterocycles. The molecule has 1 fully saturated rings. The van der Waals surface area contributed by atoms with Gasteiger partial charge in [-0.1, -0.05) is 0 Å². The summed E-state index contributed by atoms with van der Waals surface area (Å²) in [7, 11) is 0. The summed E-state index contributed by atoms with van der Waals surface area (Å²) in [5.74, 6) is 0.318. The topological polar surface area (TPSA) is 82.4 Å². The lowest BCUT2D eigenvalue weighted by Gasteiger charge is -2.29. The maximum absolute atomic E-state index is 12.4. The Morgan fingerprint density at radius 2 is 2.14 bits per heavy atom. The molecule has 1 aromatic carbocycles. The van der Waals surface area contributed by atoms with Crippen LogP contribution in [0.15, 0.2) is 18.2 Å². The van der Waals surface area contributed by atoms with Crippen molar-refractivity contribution >= 4 is 17.5 Å². The van der Waals surface area contributed by atoms with Gasteiger partial charge >= 0.3 is 0 Å². The highest BCUT2D eigenvalue weighted by Gasteiger charge is 2.25. The Kier molecular flexibility index (Phi) is 3.48. The maximum atomic E-state index is 12.4. The lowest BCUT2D eigenvalue weighted by Crippen LogP contribution is -2.38. The van der Waals surface area contributed by atoms with E-state index in [1.165, 1.54) is 0 Å². The van der Waals surface area contributed by atoms with E-state index in [9.17, 15) is 9.59 Å². The average molecular weight is 285 g/mol. The molecule has 2 heterocycles. The zero-order chi connectivity index (χ0) is 14.8. The summed E-state index contributed by atoms with van der Waals surface area (Å²) >= 11 is 0. The number of hydrogen-bond acceptors (Lipinski definition) is 4. The fraction of sp³-hybridized carbons (Fsp3) is 0.400. The fourth-order valence-corrected chi connectivity index (χ4v) is 2.60. The molecular formula is C15H15N3O3. The SMILES string of the molecule is N#CC1CCN(C(=O)c2ccc3c(c2)OCC(=O)N3)CC1. The van der Waals surface area contributed by atoms with Crippen molar-refractivity contribution in [3.63, 3.8) is 0 Å². The van der Waals surface area contributed by atoms with Crippen molar-refractivity contribution in [1.82, 2.24) is 4.90 Å². The van der Waals surface area contributed by atoms with Crippen molar-refractivity contribution in [2.45, 2.75) is 12.8 Å². The Labute approximate surface area is 122 Å². The van der Waals surface area contributed by atoms with E-state index in [0.29, 0.717) is 30.1 Å². The van der Waals surface area contributed by atoms with Crippen molar-refractivity contribution in [2.75, 3.05) is 25.0 Å². The van der Waals surface area contributed by atoms with Gasteiger partial charge in [0.05, 0.1) is 11.8 Å². The van der Waals surface area contributed by atoms with Gasteiger partial charge in [0.25, 0.3) is 11.8 Å². The minimum atomic E-state index is -0.194. The third-order valence-corrected chi connectivity index (χ3v) is 3.83. The summed E-state index contributed by atoms with van der Waals surface area (Å²) in [4.78, 5) is 25.4. The second kappa shape index (κ2) is 5.44. The number of piperidine rings is 1. The number of ether oxygens (including phenoxy) is 1. The van der Waals surface area contributed by atoms with Crippen LogP contribution in [0, 0.1) is 17.2 Å². The molecule has 0 radical (unpaired) electrons. The number of fused-ring (bicyclic) bond motifs is 1. The van der Waals surface area contributed by atoms with E-state index in [1.807, 2.05) is 0 Å². The molecule has 108 valence electrons. The second-order valence-corrected chi connectivity index (χ2v) is 5.24. The number of rotatable bonds is 1. The smallest absolute Gasteiger partial charge is 0.262 e. The third kappa shape index (κ3) is 2.68. The van der Waals surface area contributed by atoms with Crippen LogP contribution < -0.4 is 10.1 Å². The van der Waals surface area contributed by atoms with Gasteiger partial charge in [-0.15, -0.1) is 0 Å². The molecule has 6 heteroatoms. The number of likely N-dealkylation sites (tertiary alicyclic amines) is 1. The van der Waals surface area contributed by atoms with Gasteiger partial charge < -0.3 is 15.0 Å². The molecule has 0 unspecified atom stereocenters. The Morgan fingerprint density at radius 3 is 2.86 bits per heavy atom. The van der Waals surface area contributed by atoms with Crippen molar-refractivity contribution in [2.24, 2.45) is 5.92 Å². The van der Waals surface area contributed by atoms with Crippen molar-refractivity contribution < 1.29 is 14.3 Å². The molecule has 0 bridgehead atoms. The van der Waals surface area contributed by atoms with Gasteiger partial charge in [0.2, 0.25) is 0 Å². The summed E-state index contributed by atoms with van der Waals surface area (Å²) in [6.45, 7) is 1.18. The highest BCUT2D eigenvalue weighted by Crippen LogP contribution is 2.29. The number of nitrogens with zero attached hydrogens (tertiary/aromatic N) is 2. The lowest BCUT2D eigenvalue weighted by atomic mass is 9.98. The van der Waals surface area contributed by atoms with E-state index in [4.69, 9.17) is 10.00 Å². The third-order valence-electron chi connectivity index (χ3n) is 3.83. The molecule has 3 rings (SSSR count). The van der Waals surface area contributed by atoms with Gasteiger partial charge in [-0.2, -0.15) is 5.26 Å². The molecule has 2 amide bonds. The number of carbonyl (C=O) groups excluding carboxylic acids is 2. The van der Waals surface area contributed by atoms with E-state index in [1.54, 1.807) is 23.1 Å². The normalized spacial score (nSPS) is 18.2. The van der Waals surface area contributed by atoms with Gasteiger partial charge in [-0.3, -0.25) is 9.59 Å². The number of nitrogens with one attached hydrogen (secondary N) is 1. The molecule has 0 spiro atoms. The standard InChI is InChI=1S/C15H15N3O3/c16-8-10-3-5-18(6-4-10)15(20)11-1-2-12-13(7-11)21-9-14(19)17-12/h1-2,7,10H,3-6,9H2,(H,17,19). The van der Waals surface area contributed by atoms with E-state index in [2.05, 4.69) is 11.4 Å². The second-order valence-electron chi connectivity index (χ2n) is 5.24. The summed E-state index contributed by atoms with van der Waals surface area (Å²) in [6.07, 6.45) is 1.44. The number of carbonyl (C=O) groups is 2. The first kappa shape index (κ1) is 13.4. The van der Waals surface area contributed by atoms with Crippen LogP contribution in [0.3, 0.4) is 0 Å². The van der Waals surface area contributed by atoms with Gasteiger partial charge in [-0.05, 0) is 31.0 Å². The van der Waals surface area contributed by atoms with Gasteiger partial charge in [-0.25, -0.2) is 0 Å². The largest absolute Gasteiger partial charge is 0.482 e. The van der Waals surface area contributed by atoms with Crippen LogP contribution in [0.5, 0.6) is 5.75 Å². The zero-order valence-electron chi connectivity index (χ0n) is 11.5. The highest BCUT2D eigenvalue weighted by atomic mass is 16.5. The van der Waals surface area contributed by atoms with Gasteiger partial charge in [0.1, 0.15) is 5.75 Å². The maximum Gasteiger partial charge on any atom is 0.262 e. The van der Waals surface area contributed by atoms with E-state index in [-0.39, 0.29) is 24.3 Å². The van der Waals surface area contributed by atoms with Crippen molar-refractivity contribution in [3.05, 3.63) is 23.8 Å². The van der Waals surface area contributed by atoms with E-state index < -0.39 is 0 Å². The minimum Gasteiger partial charge on any atom is -0.482 e. The number of hydrogen-bond donors (Lipinski definition) is 1. The minimum absolute atomic E-state index is 0.0296. The van der Waals surface area contributed by atoms with E-state index >= 15 is 0 Å². The number of anilines is 1. The summed E-state index contributed by atoms with van der Waals surface area (Å²) in [5, 5.41) is 11.6. The molecular weight excluding hydrogens is 270 g/mol. The Balaban J connectivity index is 1.74. The molecule has 1 N–H and O–H groups in total. The first-order valence-electron chi connectivity index (χ1n) is 6.93. The Bertz CT molecular complexity index is 628. The molecule has 21 heavy (non-hydrogen) atoms. The first-order chi connectivity index (χ1) is 10.2. The molecule has 0 aliphatic carbocycles. The predicted octanol–water partition coefficient (Wildman–Crippen LogP) is 1.39. The molecule has 2 aliphatic rings. The molecule has 0 aromatic heterocycles. The molecule has 0 saturated carbocycles.